The van der Waals surface area contributed by atoms with Crippen molar-refractivity contribution in [3.8, 4) is 23.1 Å². The number of methoxy groups -OCH3 is 2. The van der Waals surface area contributed by atoms with E-state index in [1.54, 1.807) is 19.5 Å². The van der Waals surface area contributed by atoms with E-state index in [4.69, 9.17) is 9.47 Å². The van der Waals surface area contributed by atoms with Crippen molar-refractivity contribution in [1.82, 2.24) is 24.6 Å². The first-order valence-electron chi connectivity index (χ1n) is 7.10. The predicted octanol–water partition coefficient (Wildman–Crippen LogP) is 2.08. The third-order valence-corrected chi connectivity index (χ3v) is 3.77. The Morgan fingerprint density at radius 1 is 1.18 bits per heavy atom. The molecule has 112 valence electrons. The van der Waals surface area contributed by atoms with E-state index >= 15 is 0 Å². The Balaban J connectivity index is 1.90. The SMILES string of the molecule is COc1ncc(-c2cc(C3CC3)n3nccc3n2)c(OC)n1. The lowest BCUT2D eigenvalue weighted by Crippen LogP contribution is -2.03. The van der Waals surface area contributed by atoms with E-state index in [1.807, 2.05) is 16.6 Å². The quantitative estimate of drug-likeness (QED) is 0.734. The summed E-state index contributed by atoms with van der Waals surface area (Å²) in [4.78, 5) is 13.0. The van der Waals surface area contributed by atoms with Gasteiger partial charge in [-0.05, 0) is 18.9 Å². The van der Waals surface area contributed by atoms with Crippen molar-refractivity contribution < 1.29 is 9.47 Å². The zero-order valence-corrected chi connectivity index (χ0v) is 12.4. The highest BCUT2D eigenvalue weighted by molar-refractivity contribution is 5.67. The van der Waals surface area contributed by atoms with Crippen LogP contribution in [0.3, 0.4) is 0 Å². The van der Waals surface area contributed by atoms with E-state index in [1.165, 1.54) is 25.6 Å². The Morgan fingerprint density at radius 3 is 2.77 bits per heavy atom. The molecule has 7 nitrogen and oxygen atoms in total. The smallest absolute Gasteiger partial charge is 0.319 e. The van der Waals surface area contributed by atoms with Gasteiger partial charge in [-0.25, -0.2) is 14.5 Å². The van der Waals surface area contributed by atoms with Crippen LogP contribution >= 0.6 is 0 Å². The monoisotopic (exact) mass is 297 g/mol. The highest BCUT2D eigenvalue weighted by atomic mass is 16.5. The van der Waals surface area contributed by atoms with Gasteiger partial charge in [-0.15, -0.1) is 0 Å². The van der Waals surface area contributed by atoms with Crippen LogP contribution in [-0.2, 0) is 0 Å². The normalized spacial score (nSPS) is 14.3. The van der Waals surface area contributed by atoms with Crippen molar-refractivity contribution in [2.24, 2.45) is 0 Å². The largest absolute Gasteiger partial charge is 0.480 e. The molecule has 22 heavy (non-hydrogen) atoms. The van der Waals surface area contributed by atoms with Gasteiger partial charge >= 0.3 is 6.01 Å². The van der Waals surface area contributed by atoms with Gasteiger partial charge in [-0.2, -0.15) is 10.1 Å². The summed E-state index contributed by atoms with van der Waals surface area (Å²) in [5, 5.41) is 4.36. The lowest BCUT2D eigenvalue weighted by molar-refractivity contribution is 0.353. The number of fused-ring (bicyclic) bond motifs is 1. The average molecular weight is 297 g/mol. The molecule has 1 saturated carbocycles. The molecule has 3 heterocycles. The molecule has 0 amide bonds. The van der Waals surface area contributed by atoms with E-state index in [9.17, 15) is 0 Å². The minimum atomic E-state index is 0.272. The van der Waals surface area contributed by atoms with Crippen molar-refractivity contribution in [2.45, 2.75) is 18.8 Å². The fraction of sp³-hybridized carbons (Fsp3) is 0.333. The van der Waals surface area contributed by atoms with E-state index in [2.05, 4.69) is 20.1 Å². The minimum absolute atomic E-state index is 0.272. The predicted molar refractivity (Wildman–Crippen MR) is 79.1 cm³/mol. The second-order valence-corrected chi connectivity index (χ2v) is 5.22. The Labute approximate surface area is 126 Å². The maximum Gasteiger partial charge on any atom is 0.319 e. The highest BCUT2D eigenvalue weighted by Crippen LogP contribution is 2.41. The number of aromatic nitrogens is 5. The molecule has 0 bridgehead atoms. The summed E-state index contributed by atoms with van der Waals surface area (Å²) in [7, 11) is 3.10. The van der Waals surface area contributed by atoms with E-state index in [0.29, 0.717) is 11.8 Å². The highest BCUT2D eigenvalue weighted by Gasteiger charge is 2.28. The summed E-state index contributed by atoms with van der Waals surface area (Å²) in [5.41, 5.74) is 3.52. The molecule has 4 rings (SSSR count). The molecule has 1 fully saturated rings. The average Bonchev–Trinajstić information content (AvgIpc) is 3.30. The second kappa shape index (κ2) is 4.94. The van der Waals surface area contributed by atoms with Crippen molar-refractivity contribution in [3.63, 3.8) is 0 Å². The number of rotatable bonds is 4. The molecule has 0 radical (unpaired) electrons. The summed E-state index contributed by atoms with van der Waals surface area (Å²) in [6, 6.07) is 4.21. The van der Waals surface area contributed by atoms with Crippen molar-refractivity contribution in [1.29, 1.82) is 0 Å². The Bertz CT molecular complexity index is 841. The zero-order chi connectivity index (χ0) is 15.1. The Hall–Kier alpha value is -2.70. The molecule has 1 aliphatic carbocycles. The molecule has 0 aromatic carbocycles. The van der Waals surface area contributed by atoms with Crippen molar-refractivity contribution >= 4 is 5.65 Å². The maximum absolute atomic E-state index is 5.36. The lowest BCUT2D eigenvalue weighted by atomic mass is 10.1. The van der Waals surface area contributed by atoms with Gasteiger partial charge in [-0.3, -0.25) is 0 Å². The summed E-state index contributed by atoms with van der Waals surface area (Å²) >= 11 is 0. The first-order valence-corrected chi connectivity index (χ1v) is 7.10. The van der Waals surface area contributed by atoms with Crippen LogP contribution in [0.25, 0.3) is 16.9 Å². The molecule has 0 atom stereocenters. The van der Waals surface area contributed by atoms with Crippen LogP contribution in [-0.4, -0.2) is 38.8 Å². The fourth-order valence-corrected chi connectivity index (χ4v) is 2.53. The van der Waals surface area contributed by atoms with E-state index in [-0.39, 0.29) is 6.01 Å². The summed E-state index contributed by atoms with van der Waals surface area (Å²) in [6.07, 6.45) is 5.82. The number of hydrogen-bond acceptors (Lipinski definition) is 6. The Kier molecular flexibility index (Phi) is 2.92. The van der Waals surface area contributed by atoms with Gasteiger partial charge in [0.15, 0.2) is 5.65 Å². The molecule has 7 heteroatoms. The van der Waals surface area contributed by atoms with Crippen LogP contribution in [0.4, 0.5) is 0 Å². The maximum atomic E-state index is 5.36. The summed E-state index contributed by atoms with van der Waals surface area (Å²) in [5.74, 6) is 0.999. The molecule has 0 N–H and O–H groups in total. The summed E-state index contributed by atoms with van der Waals surface area (Å²) < 4.78 is 12.3. The molecule has 0 aliphatic heterocycles. The van der Waals surface area contributed by atoms with Crippen LogP contribution < -0.4 is 9.47 Å². The molecule has 0 unspecified atom stereocenters. The number of hydrogen-bond donors (Lipinski definition) is 0. The van der Waals surface area contributed by atoms with E-state index in [0.717, 1.165) is 16.9 Å². The van der Waals surface area contributed by atoms with Crippen LogP contribution in [0.15, 0.2) is 24.5 Å². The van der Waals surface area contributed by atoms with Crippen molar-refractivity contribution in [2.75, 3.05) is 14.2 Å². The molecular weight excluding hydrogens is 282 g/mol. The minimum Gasteiger partial charge on any atom is -0.480 e. The molecule has 3 aromatic rings. The topological polar surface area (TPSA) is 74.4 Å². The van der Waals surface area contributed by atoms with Crippen LogP contribution in [0.5, 0.6) is 11.9 Å². The third-order valence-electron chi connectivity index (χ3n) is 3.77. The molecular formula is C15H15N5O2. The summed E-state index contributed by atoms with van der Waals surface area (Å²) in [6.45, 7) is 0. The van der Waals surface area contributed by atoms with Crippen LogP contribution in [0.2, 0.25) is 0 Å². The fourth-order valence-electron chi connectivity index (χ4n) is 2.53. The van der Waals surface area contributed by atoms with Gasteiger partial charge in [0.05, 0.1) is 31.7 Å². The third kappa shape index (κ3) is 2.05. The number of nitrogens with zero attached hydrogens (tertiary/aromatic N) is 5. The standard InChI is InChI=1S/C15H15N5O2/c1-21-14-10(8-16-15(19-14)22-2)11-7-12(9-3-4-9)20-13(18-11)5-6-17-20/h5-9H,3-4H2,1-2H3. The number of ether oxygens (including phenoxy) is 2. The zero-order valence-electron chi connectivity index (χ0n) is 12.4. The van der Waals surface area contributed by atoms with Gasteiger partial charge in [0.2, 0.25) is 5.88 Å². The van der Waals surface area contributed by atoms with Gasteiger partial charge in [0.25, 0.3) is 0 Å². The van der Waals surface area contributed by atoms with Gasteiger partial charge in [-0.1, -0.05) is 0 Å². The first-order chi connectivity index (χ1) is 10.8. The van der Waals surface area contributed by atoms with Gasteiger partial charge < -0.3 is 9.47 Å². The lowest BCUT2D eigenvalue weighted by Gasteiger charge is -2.10. The Morgan fingerprint density at radius 2 is 2.05 bits per heavy atom. The molecule has 3 aromatic heterocycles. The van der Waals surface area contributed by atoms with Crippen LogP contribution in [0, 0.1) is 0 Å². The second-order valence-electron chi connectivity index (χ2n) is 5.22. The van der Waals surface area contributed by atoms with E-state index < -0.39 is 0 Å². The molecule has 0 spiro atoms. The molecule has 0 saturated heterocycles. The van der Waals surface area contributed by atoms with Crippen LogP contribution in [0.1, 0.15) is 24.5 Å². The van der Waals surface area contributed by atoms with Gasteiger partial charge in [0, 0.05) is 23.9 Å². The van der Waals surface area contributed by atoms with Crippen molar-refractivity contribution in [3.05, 3.63) is 30.2 Å². The van der Waals surface area contributed by atoms with Gasteiger partial charge in [0.1, 0.15) is 0 Å². The molecule has 1 aliphatic rings. The first kappa shape index (κ1) is 13.0.